The Bertz CT molecular complexity index is 277. The number of halogens is 3. The van der Waals surface area contributed by atoms with Gasteiger partial charge in [-0.15, -0.1) is 0 Å². The van der Waals surface area contributed by atoms with Gasteiger partial charge in [-0.3, -0.25) is 0 Å². The van der Waals surface area contributed by atoms with E-state index in [0.717, 1.165) is 12.8 Å². The summed E-state index contributed by atoms with van der Waals surface area (Å²) in [6, 6.07) is 0.500. The quantitative estimate of drug-likeness (QED) is 0.789. The van der Waals surface area contributed by atoms with Crippen LogP contribution in [0.5, 0.6) is 0 Å². The molecule has 0 aliphatic heterocycles. The molecule has 106 valence electrons. The molecular formula is C14H24F3N. The SMILES string of the molecule is CC1CCC(NC2CCCC(C(F)(F)F)C2)C1C. The Morgan fingerprint density at radius 2 is 1.72 bits per heavy atom. The summed E-state index contributed by atoms with van der Waals surface area (Å²) in [6.45, 7) is 4.46. The Hall–Kier alpha value is -0.250. The van der Waals surface area contributed by atoms with Crippen LogP contribution in [0.3, 0.4) is 0 Å². The van der Waals surface area contributed by atoms with Gasteiger partial charge < -0.3 is 5.32 Å². The van der Waals surface area contributed by atoms with Gasteiger partial charge in [0.25, 0.3) is 0 Å². The molecule has 0 aromatic heterocycles. The molecule has 2 fully saturated rings. The van der Waals surface area contributed by atoms with Gasteiger partial charge in [0.05, 0.1) is 5.92 Å². The first-order valence-corrected chi connectivity index (χ1v) is 7.20. The molecule has 0 radical (unpaired) electrons. The van der Waals surface area contributed by atoms with Gasteiger partial charge in [0.15, 0.2) is 0 Å². The van der Waals surface area contributed by atoms with Gasteiger partial charge in [-0.1, -0.05) is 20.3 Å². The van der Waals surface area contributed by atoms with Gasteiger partial charge in [0.2, 0.25) is 0 Å². The highest BCUT2D eigenvalue weighted by atomic mass is 19.4. The van der Waals surface area contributed by atoms with Crippen LogP contribution in [-0.4, -0.2) is 18.3 Å². The molecule has 0 amide bonds. The second-order valence-corrected chi connectivity index (χ2v) is 6.29. The van der Waals surface area contributed by atoms with Crippen molar-refractivity contribution >= 4 is 0 Å². The molecule has 0 bridgehead atoms. The molecule has 0 heterocycles. The summed E-state index contributed by atoms with van der Waals surface area (Å²) in [5.74, 6) is 0.207. The Morgan fingerprint density at radius 3 is 2.28 bits per heavy atom. The van der Waals surface area contributed by atoms with Crippen LogP contribution in [0.1, 0.15) is 52.4 Å². The number of nitrogens with one attached hydrogen (secondary N) is 1. The van der Waals surface area contributed by atoms with Gasteiger partial charge >= 0.3 is 6.18 Å². The zero-order valence-electron chi connectivity index (χ0n) is 11.3. The monoisotopic (exact) mass is 263 g/mol. The molecule has 0 aromatic rings. The van der Waals surface area contributed by atoms with E-state index in [2.05, 4.69) is 19.2 Å². The predicted octanol–water partition coefficient (Wildman–Crippen LogP) is 4.13. The number of alkyl halides is 3. The van der Waals surface area contributed by atoms with E-state index >= 15 is 0 Å². The third-order valence-electron chi connectivity index (χ3n) is 5.05. The first-order valence-electron chi connectivity index (χ1n) is 7.20. The molecule has 4 heteroatoms. The van der Waals surface area contributed by atoms with E-state index in [1.807, 2.05) is 0 Å². The molecule has 0 saturated heterocycles. The molecule has 5 atom stereocenters. The van der Waals surface area contributed by atoms with Crippen molar-refractivity contribution in [1.82, 2.24) is 5.32 Å². The lowest BCUT2D eigenvalue weighted by Gasteiger charge is -2.34. The largest absolute Gasteiger partial charge is 0.391 e. The van der Waals surface area contributed by atoms with Gasteiger partial charge in [-0.2, -0.15) is 13.2 Å². The van der Waals surface area contributed by atoms with E-state index in [0.29, 0.717) is 30.7 Å². The van der Waals surface area contributed by atoms with Crippen LogP contribution < -0.4 is 5.32 Å². The summed E-state index contributed by atoms with van der Waals surface area (Å²) >= 11 is 0. The van der Waals surface area contributed by atoms with Crippen LogP contribution in [0.2, 0.25) is 0 Å². The fraction of sp³-hybridized carbons (Fsp3) is 1.00. The average molecular weight is 263 g/mol. The summed E-state index contributed by atoms with van der Waals surface area (Å²) in [6.07, 6.45) is 0.529. The Morgan fingerprint density at radius 1 is 1.00 bits per heavy atom. The van der Waals surface area contributed by atoms with Gasteiger partial charge in [0.1, 0.15) is 0 Å². The van der Waals surface area contributed by atoms with E-state index in [-0.39, 0.29) is 12.5 Å². The normalized spacial score (nSPS) is 42.2. The summed E-state index contributed by atoms with van der Waals surface area (Å²) in [7, 11) is 0. The smallest absolute Gasteiger partial charge is 0.311 e. The maximum Gasteiger partial charge on any atom is 0.391 e. The van der Waals surface area contributed by atoms with Crippen molar-refractivity contribution in [2.45, 2.75) is 70.6 Å². The van der Waals surface area contributed by atoms with Crippen LogP contribution in [0, 0.1) is 17.8 Å². The minimum atomic E-state index is -4.01. The lowest BCUT2D eigenvalue weighted by Crippen LogP contribution is -2.44. The number of hydrogen-bond donors (Lipinski definition) is 1. The molecule has 2 aliphatic rings. The maximum atomic E-state index is 12.7. The summed E-state index contributed by atoms with van der Waals surface area (Å²) in [4.78, 5) is 0. The molecule has 5 unspecified atom stereocenters. The maximum absolute atomic E-state index is 12.7. The van der Waals surface area contributed by atoms with E-state index in [1.54, 1.807) is 0 Å². The lowest BCUT2D eigenvalue weighted by atomic mass is 9.84. The van der Waals surface area contributed by atoms with Crippen LogP contribution in [0.25, 0.3) is 0 Å². The molecule has 1 N–H and O–H groups in total. The molecule has 1 nitrogen and oxygen atoms in total. The fourth-order valence-corrected chi connectivity index (χ4v) is 3.54. The van der Waals surface area contributed by atoms with Crippen molar-refractivity contribution in [2.24, 2.45) is 17.8 Å². The molecule has 0 aromatic carbocycles. The fourth-order valence-electron chi connectivity index (χ4n) is 3.54. The van der Waals surface area contributed by atoms with Crippen molar-refractivity contribution in [3.63, 3.8) is 0 Å². The molecule has 2 saturated carbocycles. The van der Waals surface area contributed by atoms with Crippen molar-refractivity contribution < 1.29 is 13.2 Å². The lowest BCUT2D eigenvalue weighted by molar-refractivity contribution is -0.183. The number of hydrogen-bond acceptors (Lipinski definition) is 1. The zero-order valence-corrected chi connectivity index (χ0v) is 11.3. The minimum Gasteiger partial charge on any atom is -0.311 e. The topological polar surface area (TPSA) is 12.0 Å². The Balaban J connectivity index is 1.86. The van der Waals surface area contributed by atoms with Crippen molar-refractivity contribution in [3.05, 3.63) is 0 Å². The van der Waals surface area contributed by atoms with E-state index < -0.39 is 12.1 Å². The third kappa shape index (κ3) is 3.19. The van der Waals surface area contributed by atoms with Crippen molar-refractivity contribution in [1.29, 1.82) is 0 Å². The molecule has 0 spiro atoms. The Kier molecular flexibility index (Phi) is 4.25. The highest BCUT2D eigenvalue weighted by Gasteiger charge is 2.43. The second kappa shape index (κ2) is 5.40. The number of rotatable bonds is 2. The van der Waals surface area contributed by atoms with Crippen molar-refractivity contribution in [3.8, 4) is 0 Å². The van der Waals surface area contributed by atoms with Crippen molar-refractivity contribution in [2.75, 3.05) is 0 Å². The summed E-state index contributed by atoms with van der Waals surface area (Å²) in [5.41, 5.74) is 0. The molecule has 2 rings (SSSR count). The molecular weight excluding hydrogens is 239 g/mol. The van der Waals surface area contributed by atoms with Gasteiger partial charge in [0, 0.05) is 12.1 Å². The summed E-state index contributed by atoms with van der Waals surface area (Å²) < 4.78 is 38.2. The van der Waals surface area contributed by atoms with E-state index in [9.17, 15) is 13.2 Å². The van der Waals surface area contributed by atoms with Crippen LogP contribution >= 0.6 is 0 Å². The predicted molar refractivity (Wildman–Crippen MR) is 66.3 cm³/mol. The van der Waals surface area contributed by atoms with E-state index in [1.165, 1.54) is 6.42 Å². The second-order valence-electron chi connectivity index (χ2n) is 6.29. The standard InChI is InChI=1S/C14H24F3N/c1-9-6-7-13(10(9)2)18-12-5-3-4-11(8-12)14(15,16)17/h9-13,18H,3-8H2,1-2H3. The first-order chi connectivity index (χ1) is 8.38. The third-order valence-corrected chi connectivity index (χ3v) is 5.05. The van der Waals surface area contributed by atoms with Crippen LogP contribution in [-0.2, 0) is 0 Å². The molecule has 18 heavy (non-hydrogen) atoms. The van der Waals surface area contributed by atoms with Gasteiger partial charge in [-0.25, -0.2) is 0 Å². The minimum absolute atomic E-state index is 0.0723. The average Bonchev–Trinajstić information content (AvgIpc) is 2.60. The highest BCUT2D eigenvalue weighted by molar-refractivity contribution is 4.90. The first kappa shape index (κ1) is 14.2. The van der Waals surface area contributed by atoms with Crippen LogP contribution in [0.15, 0.2) is 0 Å². The summed E-state index contributed by atoms with van der Waals surface area (Å²) in [5, 5.41) is 3.50. The van der Waals surface area contributed by atoms with E-state index in [4.69, 9.17) is 0 Å². The zero-order chi connectivity index (χ0) is 13.3. The highest BCUT2D eigenvalue weighted by Crippen LogP contribution is 2.39. The van der Waals surface area contributed by atoms with Gasteiger partial charge in [-0.05, 0) is 43.9 Å². The Labute approximate surface area is 108 Å². The molecule has 2 aliphatic carbocycles. The van der Waals surface area contributed by atoms with Crippen LogP contribution in [0.4, 0.5) is 13.2 Å².